The maximum Gasteiger partial charge on any atom is 0.255 e. The summed E-state index contributed by atoms with van der Waals surface area (Å²) in [4.78, 5) is 20.4. The van der Waals surface area contributed by atoms with Gasteiger partial charge in [0.05, 0.1) is 5.71 Å². The smallest absolute Gasteiger partial charge is 0.255 e. The van der Waals surface area contributed by atoms with Gasteiger partial charge < -0.3 is 22.5 Å². The van der Waals surface area contributed by atoms with Crippen molar-refractivity contribution in [1.82, 2.24) is 9.97 Å². The summed E-state index contributed by atoms with van der Waals surface area (Å²) in [5.74, 6) is -0.111. The molecule has 7 N–H and O–H groups in total. The van der Waals surface area contributed by atoms with Crippen LogP contribution < -0.4 is 22.5 Å². The summed E-state index contributed by atoms with van der Waals surface area (Å²) in [6.45, 7) is 1.79. The van der Waals surface area contributed by atoms with E-state index in [1.807, 2.05) is 24.3 Å². The van der Waals surface area contributed by atoms with Gasteiger partial charge in [-0.05, 0) is 42.3 Å². The van der Waals surface area contributed by atoms with Crippen LogP contribution in [0.3, 0.4) is 0 Å². The number of carbonyl (C=O) groups excluding carboxylic acids is 1. The molecule has 29 heavy (non-hydrogen) atoms. The molecule has 0 aliphatic heterocycles. The first kappa shape index (κ1) is 19.5. The van der Waals surface area contributed by atoms with Crippen molar-refractivity contribution in [2.24, 2.45) is 21.7 Å². The number of hydrogen-bond donors (Lipinski definition) is 4. The highest BCUT2D eigenvalue weighted by atomic mass is 16.1. The topological polar surface area (TPSA) is 158 Å². The van der Waals surface area contributed by atoms with E-state index in [2.05, 4.69) is 25.5 Å². The number of nitrogens with one attached hydrogen (secondary N) is 1. The normalized spacial score (nSPS) is 11.0. The quantitative estimate of drug-likeness (QED) is 0.297. The van der Waals surface area contributed by atoms with Gasteiger partial charge in [-0.3, -0.25) is 4.79 Å². The molecule has 0 aliphatic rings. The van der Waals surface area contributed by atoms with Gasteiger partial charge in [-0.2, -0.15) is 5.10 Å². The Morgan fingerprint density at radius 2 is 1.45 bits per heavy atom. The van der Waals surface area contributed by atoms with E-state index < -0.39 is 0 Å². The molecule has 0 fully saturated rings. The summed E-state index contributed by atoms with van der Waals surface area (Å²) < 4.78 is 0. The fourth-order valence-corrected chi connectivity index (χ4v) is 2.49. The molecule has 3 aromatic rings. The molecule has 3 rings (SSSR count). The summed E-state index contributed by atoms with van der Waals surface area (Å²) in [5, 5.41) is 10.4. The van der Waals surface area contributed by atoms with E-state index in [1.54, 1.807) is 43.6 Å². The van der Waals surface area contributed by atoms with Crippen molar-refractivity contribution in [3.05, 3.63) is 72.1 Å². The highest BCUT2D eigenvalue weighted by molar-refractivity contribution is 6.05. The van der Waals surface area contributed by atoms with Crippen LogP contribution in [0.15, 0.2) is 71.1 Å². The Morgan fingerprint density at radius 1 is 0.862 bits per heavy atom. The van der Waals surface area contributed by atoms with Crippen molar-refractivity contribution in [1.29, 1.82) is 0 Å². The first-order valence-electron chi connectivity index (χ1n) is 8.65. The van der Waals surface area contributed by atoms with Crippen LogP contribution in [0.2, 0.25) is 0 Å². The van der Waals surface area contributed by atoms with E-state index in [0.29, 0.717) is 17.0 Å². The molecule has 9 nitrogen and oxygen atoms in total. The van der Waals surface area contributed by atoms with E-state index >= 15 is 0 Å². The minimum atomic E-state index is -0.219. The lowest BCUT2D eigenvalue weighted by Gasteiger charge is -2.07. The van der Waals surface area contributed by atoms with Gasteiger partial charge in [0.25, 0.3) is 5.91 Å². The van der Waals surface area contributed by atoms with Crippen molar-refractivity contribution >= 4 is 29.2 Å². The lowest BCUT2D eigenvalue weighted by atomic mass is 10.1. The third-order valence-electron chi connectivity index (χ3n) is 4.03. The first-order valence-corrected chi connectivity index (χ1v) is 8.65. The zero-order chi connectivity index (χ0) is 20.8. The van der Waals surface area contributed by atoms with E-state index in [-0.39, 0.29) is 17.8 Å². The second-order valence-corrected chi connectivity index (χ2v) is 6.15. The molecule has 9 heteroatoms. The van der Waals surface area contributed by atoms with E-state index in [0.717, 1.165) is 16.7 Å². The number of nitrogens with two attached hydrogens (primary N) is 3. The Morgan fingerprint density at radius 3 is 2.03 bits per heavy atom. The molecule has 1 amide bonds. The van der Waals surface area contributed by atoms with Gasteiger partial charge in [-0.25, -0.2) is 9.97 Å². The van der Waals surface area contributed by atoms with Crippen LogP contribution in [0.4, 0.5) is 11.6 Å². The van der Waals surface area contributed by atoms with Crippen LogP contribution in [0.5, 0.6) is 0 Å². The molecule has 146 valence electrons. The zero-order valence-electron chi connectivity index (χ0n) is 15.7. The lowest BCUT2D eigenvalue weighted by Crippen LogP contribution is -2.22. The molecule has 0 saturated heterocycles. The number of guanidine groups is 1. The first-order chi connectivity index (χ1) is 13.9. The van der Waals surface area contributed by atoms with Crippen LogP contribution in [-0.4, -0.2) is 27.5 Å². The Hall–Kier alpha value is -4.27. The maximum atomic E-state index is 12.5. The van der Waals surface area contributed by atoms with Gasteiger partial charge in [0, 0.05) is 29.2 Å². The average Bonchev–Trinajstić information content (AvgIpc) is 2.73. The van der Waals surface area contributed by atoms with Crippen LogP contribution in [-0.2, 0) is 0 Å². The van der Waals surface area contributed by atoms with Crippen molar-refractivity contribution in [2.45, 2.75) is 6.92 Å². The minimum Gasteiger partial charge on any atom is -0.369 e. The monoisotopic (exact) mass is 388 g/mol. The summed E-state index contributed by atoms with van der Waals surface area (Å²) in [5.41, 5.74) is 20.4. The van der Waals surface area contributed by atoms with Crippen molar-refractivity contribution in [3.8, 4) is 11.1 Å². The summed E-state index contributed by atoms with van der Waals surface area (Å²) in [7, 11) is 0. The Kier molecular flexibility index (Phi) is 5.79. The minimum absolute atomic E-state index is 0.108. The molecule has 1 heterocycles. The predicted octanol–water partition coefficient (Wildman–Crippen LogP) is 1.98. The lowest BCUT2D eigenvalue weighted by molar-refractivity contribution is 0.102. The predicted molar refractivity (Wildman–Crippen MR) is 114 cm³/mol. The Bertz CT molecular complexity index is 1050. The van der Waals surface area contributed by atoms with Crippen LogP contribution in [0.1, 0.15) is 22.8 Å². The third kappa shape index (κ3) is 5.13. The Balaban J connectivity index is 1.67. The highest BCUT2D eigenvalue weighted by Gasteiger charge is 2.08. The van der Waals surface area contributed by atoms with Crippen LogP contribution >= 0.6 is 0 Å². The number of aromatic nitrogens is 2. The van der Waals surface area contributed by atoms with E-state index in [1.165, 1.54) is 0 Å². The van der Waals surface area contributed by atoms with Crippen molar-refractivity contribution in [3.63, 3.8) is 0 Å². The molecule has 2 aromatic carbocycles. The van der Waals surface area contributed by atoms with Gasteiger partial charge >= 0.3 is 0 Å². The molecule has 0 aliphatic carbocycles. The average molecular weight is 388 g/mol. The zero-order valence-corrected chi connectivity index (χ0v) is 15.7. The SMILES string of the molecule is CC(=NN=C(N)N)c1ccc(NC(=O)c2ccc(-c3cnc(N)nc3)cc2)cc1. The van der Waals surface area contributed by atoms with Crippen LogP contribution in [0.25, 0.3) is 11.1 Å². The Labute approximate surface area is 167 Å². The highest BCUT2D eigenvalue weighted by Crippen LogP contribution is 2.19. The third-order valence-corrected chi connectivity index (χ3v) is 4.03. The molecule has 0 atom stereocenters. The second kappa shape index (κ2) is 8.61. The van der Waals surface area contributed by atoms with Crippen LogP contribution in [0, 0.1) is 0 Å². The van der Waals surface area contributed by atoms with Crippen molar-refractivity contribution in [2.75, 3.05) is 11.1 Å². The molecule has 0 bridgehead atoms. The number of nitrogen functional groups attached to an aromatic ring is 1. The number of nitrogens with zero attached hydrogens (tertiary/aromatic N) is 4. The standard InChI is InChI=1S/C20H20N8O/c1-12(27-28-19(21)22)13-6-8-17(9-7-13)26-18(29)15-4-2-14(3-5-15)16-10-24-20(23)25-11-16/h2-11H,1H3,(H,26,29)(H4,21,22,28)(H2,23,24,25). The molecule has 1 aromatic heterocycles. The summed E-state index contributed by atoms with van der Waals surface area (Å²) in [6, 6.07) is 14.3. The molecule has 0 spiro atoms. The number of hydrogen-bond acceptors (Lipinski definition) is 6. The van der Waals surface area contributed by atoms with Gasteiger partial charge in [0.2, 0.25) is 11.9 Å². The number of amides is 1. The molecular weight excluding hydrogens is 368 g/mol. The molecular formula is C20H20N8O. The fraction of sp³-hybridized carbons (Fsp3) is 0.0500. The van der Waals surface area contributed by atoms with Gasteiger partial charge in [0.15, 0.2) is 0 Å². The summed E-state index contributed by atoms with van der Waals surface area (Å²) >= 11 is 0. The molecule has 0 saturated carbocycles. The molecule has 0 unspecified atom stereocenters. The number of rotatable bonds is 5. The fourth-order valence-electron chi connectivity index (χ4n) is 2.49. The number of carbonyl (C=O) groups is 1. The van der Waals surface area contributed by atoms with E-state index in [9.17, 15) is 4.79 Å². The number of benzene rings is 2. The maximum absolute atomic E-state index is 12.5. The van der Waals surface area contributed by atoms with Gasteiger partial charge in [-0.15, -0.1) is 5.10 Å². The number of anilines is 2. The van der Waals surface area contributed by atoms with Crippen molar-refractivity contribution < 1.29 is 4.79 Å². The second-order valence-electron chi connectivity index (χ2n) is 6.15. The van der Waals surface area contributed by atoms with Gasteiger partial charge in [0.1, 0.15) is 0 Å². The largest absolute Gasteiger partial charge is 0.369 e. The summed E-state index contributed by atoms with van der Waals surface area (Å²) in [6.07, 6.45) is 3.27. The molecule has 0 radical (unpaired) electrons. The van der Waals surface area contributed by atoms with Gasteiger partial charge in [-0.1, -0.05) is 24.3 Å². The van der Waals surface area contributed by atoms with E-state index in [4.69, 9.17) is 17.2 Å².